The van der Waals surface area contributed by atoms with E-state index in [1.807, 2.05) is 24.4 Å². The number of nitrogens with one attached hydrogen (secondary N) is 1. The molecule has 1 amide bonds. The molecule has 23 heavy (non-hydrogen) atoms. The molecule has 2 atom stereocenters. The normalized spacial score (nSPS) is 24.7. The number of hydrogen-bond donors (Lipinski definition) is 2. The van der Waals surface area contributed by atoms with Crippen molar-refractivity contribution in [1.82, 2.24) is 14.7 Å². The van der Waals surface area contributed by atoms with Crippen LogP contribution in [0.2, 0.25) is 0 Å². The van der Waals surface area contributed by atoms with Gasteiger partial charge in [-0.3, -0.25) is 4.79 Å². The van der Waals surface area contributed by atoms with E-state index < -0.39 is 0 Å². The highest BCUT2D eigenvalue weighted by atomic mass is 16.3. The van der Waals surface area contributed by atoms with Crippen LogP contribution in [0.15, 0.2) is 24.4 Å². The maximum Gasteiger partial charge on any atom is 0.272 e. The van der Waals surface area contributed by atoms with Gasteiger partial charge in [-0.05, 0) is 50.2 Å². The van der Waals surface area contributed by atoms with Gasteiger partial charge in [0.05, 0.1) is 11.6 Å². The Kier molecular flexibility index (Phi) is 3.81. The number of pyridine rings is 1. The third kappa shape index (κ3) is 2.98. The highest BCUT2D eigenvalue weighted by Crippen LogP contribution is 2.40. The Balaban J connectivity index is 1.51. The van der Waals surface area contributed by atoms with Crippen molar-refractivity contribution in [3.05, 3.63) is 35.9 Å². The number of rotatable bonds is 4. The number of aromatic nitrogens is 2. The molecule has 4 rings (SSSR count). The predicted octanol–water partition coefficient (Wildman–Crippen LogP) is 2.49. The summed E-state index contributed by atoms with van der Waals surface area (Å²) in [5, 5.41) is 12.8. The van der Waals surface area contributed by atoms with Crippen LogP contribution in [0.25, 0.3) is 5.52 Å². The number of carbonyl (C=O) groups is 1. The zero-order valence-electron chi connectivity index (χ0n) is 13.2. The van der Waals surface area contributed by atoms with Crippen LogP contribution in [0.1, 0.15) is 60.8 Å². The minimum absolute atomic E-state index is 0.0966. The molecule has 122 valence electrons. The molecule has 5 heteroatoms. The average Bonchev–Trinajstić information content (AvgIpc) is 3.33. The molecule has 2 unspecified atom stereocenters. The molecule has 2 aromatic rings. The molecule has 0 aromatic carbocycles. The Morgan fingerprint density at radius 3 is 2.96 bits per heavy atom. The van der Waals surface area contributed by atoms with Gasteiger partial charge < -0.3 is 14.8 Å². The first-order valence-corrected chi connectivity index (χ1v) is 8.65. The third-order valence-corrected chi connectivity index (χ3v) is 5.04. The number of nitrogens with zero attached hydrogens (tertiary/aromatic N) is 2. The van der Waals surface area contributed by atoms with Crippen molar-refractivity contribution in [1.29, 1.82) is 0 Å². The fraction of sp³-hybridized carbons (Fsp3) is 0.556. The maximum atomic E-state index is 12.6. The highest BCUT2D eigenvalue weighted by Gasteiger charge is 2.30. The zero-order valence-corrected chi connectivity index (χ0v) is 13.2. The summed E-state index contributed by atoms with van der Waals surface area (Å²) < 4.78 is 2.05. The van der Waals surface area contributed by atoms with Gasteiger partial charge in [-0.2, -0.15) is 0 Å². The summed E-state index contributed by atoms with van der Waals surface area (Å²) in [6.45, 7) is 0.626. The van der Waals surface area contributed by atoms with Crippen LogP contribution in [-0.2, 0) is 0 Å². The molecular formula is C18H23N3O2. The van der Waals surface area contributed by atoms with Gasteiger partial charge in [0.25, 0.3) is 5.91 Å². The second kappa shape index (κ2) is 5.96. The lowest BCUT2D eigenvalue weighted by Gasteiger charge is -2.25. The smallest absolute Gasteiger partial charge is 0.272 e. The maximum absolute atomic E-state index is 12.6. The fourth-order valence-corrected chi connectivity index (χ4v) is 3.63. The topological polar surface area (TPSA) is 66.6 Å². The van der Waals surface area contributed by atoms with Gasteiger partial charge in [0, 0.05) is 18.7 Å². The molecule has 2 N–H and O–H groups in total. The summed E-state index contributed by atoms with van der Waals surface area (Å²) in [5.41, 5.74) is 1.42. The Morgan fingerprint density at radius 2 is 2.17 bits per heavy atom. The molecule has 0 saturated heterocycles. The minimum Gasteiger partial charge on any atom is -0.393 e. The number of amides is 1. The van der Waals surface area contributed by atoms with Gasteiger partial charge in [-0.25, -0.2) is 4.98 Å². The van der Waals surface area contributed by atoms with Crippen LogP contribution in [0.3, 0.4) is 0 Å². The van der Waals surface area contributed by atoms with E-state index in [0.717, 1.165) is 49.9 Å². The minimum atomic E-state index is -0.208. The first-order valence-electron chi connectivity index (χ1n) is 8.65. The molecule has 0 aliphatic heterocycles. The quantitative estimate of drug-likeness (QED) is 0.911. The summed E-state index contributed by atoms with van der Waals surface area (Å²) in [7, 11) is 0. The first kappa shape index (κ1) is 14.7. The van der Waals surface area contributed by atoms with Gasteiger partial charge in [0.15, 0.2) is 5.69 Å². The molecule has 2 fully saturated rings. The second-order valence-electron chi connectivity index (χ2n) is 6.95. The SMILES string of the molecule is O=C(NCC1CCCC(O)C1)c1nc(C2CC2)n2ccccc12. The van der Waals surface area contributed by atoms with Crippen LogP contribution >= 0.6 is 0 Å². The molecule has 2 aliphatic carbocycles. The lowest BCUT2D eigenvalue weighted by atomic mass is 9.87. The molecule has 2 aliphatic rings. The van der Waals surface area contributed by atoms with E-state index >= 15 is 0 Å². The van der Waals surface area contributed by atoms with Gasteiger partial charge in [-0.15, -0.1) is 0 Å². The summed E-state index contributed by atoms with van der Waals surface area (Å²) >= 11 is 0. The number of fused-ring (bicyclic) bond motifs is 1. The third-order valence-electron chi connectivity index (χ3n) is 5.04. The van der Waals surface area contributed by atoms with Crippen LogP contribution in [-0.4, -0.2) is 33.0 Å². The van der Waals surface area contributed by atoms with Gasteiger partial charge >= 0.3 is 0 Å². The number of aliphatic hydroxyl groups is 1. The number of imidazole rings is 1. The molecule has 2 heterocycles. The zero-order chi connectivity index (χ0) is 15.8. The molecule has 2 aromatic heterocycles. The number of aliphatic hydroxyl groups excluding tert-OH is 1. The van der Waals surface area contributed by atoms with E-state index in [2.05, 4.69) is 14.7 Å². The Morgan fingerprint density at radius 1 is 1.30 bits per heavy atom. The van der Waals surface area contributed by atoms with Gasteiger partial charge in [-0.1, -0.05) is 12.5 Å². The van der Waals surface area contributed by atoms with E-state index in [1.165, 1.54) is 0 Å². The molecule has 0 bridgehead atoms. The average molecular weight is 313 g/mol. The first-order chi connectivity index (χ1) is 11.2. The molecule has 5 nitrogen and oxygen atoms in total. The Bertz CT molecular complexity index is 720. The van der Waals surface area contributed by atoms with Crippen molar-refractivity contribution < 1.29 is 9.90 Å². The van der Waals surface area contributed by atoms with Crippen molar-refractivity contribution in [3.63, 3.8) is 0 Å². The van der Waals surface area contributed by atoms with E-state index in [0.29, 0.717) is 24.1 Å². The second-order valence-corrected chi connectivity index (χ2v) is 6.95. The summed E-state index contributed by atoms with van der Waals surface area (Å²) in [5.74, 6) is 1.79. The summed E-state index contributed by atoms with van der Waals surface area (Å²) in [4.78, 5) is 17.2. The van der Waals surface area contributed by atoms with Gasteiger partial charge in [0.1, 0.15) is 5.82 Å². The van der Waals surface area contributed by atoms with Gasteiger partial charge in [0.2, 0.25) is 0 Å². The summed E-state index contributed by atoms with van der Waals surface area (Å²) in [6, 6.07) is 5.88. The number of carbonyl (C=O) groups excluding carboxylic acids is 1. The predicted molar refractivity (Wildman–Crippen MR) is 87.5 cm³/mol. The monoisotopic (exact) mass is 313 g/mol. The number of hydrogen-bond acceptors (Lipinski definition) is 3. The largest absolute Gasteiger partial charge is 0.393 e. The lowest BCUT2D eigenvalue weighted by molar-refractivity contribution is 0.0871. The molecule has 0 radical (unpaired) electrons. The van der Waals surface area contributed by atoms with Crippen LogP contribution < -0.4 is 5.32 Å². The van der Waals surface area contributed by atoms with Crippen LogP contribution in [0, 0.1) is 5.92 Å². The van der Waals surface area contributed by atoms with Crippen molar-refractivity contribution >= 4 is 11.4 Å². The van der Waals surface area contributed by atoms with Crippen molar-refractivity contribution in [2.75, 3.05) is 6.54 Å². The van der Waals surface area contributed by atoms with E-state index in [1.54, 1.807) is 0 Å². The molecule has 0 spiro atoms. The fourth-order valence-electron chi connectivity index (χ4n) is 3.63. The standard InChI is InChI=1S/C18H23N3O2/c22-14-5-3-4-12(10-14)11-19-18(23)16-15-6-1-2-9-21(15)17(20-16)13-7-8-13/h1-2,6,9,12-14,22H,3-5,7-8,10-11H2,(H,19,23). The van der Waals surface area contributed by atoms with E-state index in [9.17, 15) is 9.90 Å². The highest BCUT2D eigenvalue weighted by molar-refractivity contribution is 5.99. The van der Waals surface area contributed by atoms with E-state index in [-0.39, 0.29) is 12.0 Å². The van der Waals surface area contributed by atoms with Crippen molar-refractivity contribution in [2.45, 2.75) is 50.5 Å². The lowest BCUT2D eigenvalue weighted by Crippen LogP contribution is -2.33. The van der Waals surface area contributed by atoms with Crippen molar-refractivity contribution in [2.24, 2.45) is 5.92 Å². The van der Waals surface area contributed by atoms with Crippen LogP contribution in [0.4, 0.5) is 0 Å². The van der Waals surface area contributed by atoms with Crippen molar-refractivity contribution in [3.8, 4) is 0 Å². The van der Waals surface area contributed by atoms with E-state index in [4.69, 9.17) is 0 Å². The Hall–Kier alpha value is -1.88. The molecule has 2 saturated carbocycles. The Labute approximate surface area is 135 Å². The summed E-state index contributed by atoms with van der Waals surface area (Å²) in [6.07, 6.45) is 7.91. The van der Waals surface area contributed by atoms with Crippen LogP contribution in [0.5, 0.6) is 0 Å². The molecular weight excluding hydrogens is 290 g/mol.